The van der Waals surface area contributed by atoms with E-state index in [9.17, 15) is 14.4 Å². The minimum Gasteiger partial charge on any atom is -0.444 e. The van der Waals surface area contributed by atoms with E-state index in [-0.39, 0.29) is 31.3 Å². The topological polar surface area (TPSA) is 121 Å². The Kier molecular flexibility index (Phi) is 12.8. The number of hydrogen-bond acceptors (Lipinski definition) is 5. The molecule has 0 spiro atoms. The zero-order valence-electron chi connectivity index (χ0n) is 21.3. The van der Waals surface area contributed by atoms with Crippen LogP contribution >= 0.6 is 0 Å². The molecule has 10 nitrogen and oxygen atoms in total. The van der Waals surface area contributed by atoms with Crippen molar-refractivity contribution < 1.29 is 23.9 Å². The van der Waals surface area contributed by atoms with Crippen LogP contribution in [0.1, 0.15) is 47.5 Å². The van der Waals surface area contributed by atoms with Gasteiger partial charge >= 0.3 is 18.2 Å². The Balaban J connectivity index is 2.63. The summed E-state index contributed by atoms with van der Waals surface area (Å²) in [5.74, 6) is 0. The summed E-state index contributed by atoms with van der Waals surface area (Å²) < 4.78 is 10.5. The Bertz CT molecular complexity index is 752. The monoisotopic (exact) mass is 479 g/mol. The van der Waals surface area contributed by atoms with Crippen molar-refractivity contribution in [3.8, 4) is 0 Å². The van der Waals surface area contributed by atoms with Crippen molar-refractivity contribution in [3.63, 3.8) is 0 Å². The molecule has 1 rings (SSSR count). The first-order chi connectivity index (χ1) is 16.0. The molecule has 0 fully saturated rings. The molecule has 1 aromatic carbocycles. The summed E-state index contributed by atoms with van der Waals surface area (Å²) in [5, 5.41) is 11.3. The largest absolute Gasteiger partial charge is 0.444 e. The molecule has 0 radical (unpaired) electrons. The third kappa shape index (κ3) is 13.5. The Morgan fingerprint density at radius 3 is 2.29 bits per heavy atom. The molecule has 10 heteroatoms. The van der Waals surface area contributed by atoms with Crippen molar-refractivity contribution >= 4 is 23.8 Å². The zero-order chi connectivity index (χ0) is 25.6. The number of methoxy groups -OCH3 is 1. The molecular formula is C24H41N5O5. The highest BCUT2D eigenvalue weighted by atomic mass is 16.6. The SMILES string of the molecule is COC[C@@H](CN(CCCCNC(=O)OC(C)(C)C)C(=O)NC(C)C)NC(=O)Nc1ccccc1. The molecule has 5 amide bonds. The molecular weight excluding hydrogens is 438 g/mol. The van der Waals surface area contributed by atoms with Gasteiger partial charge in [-0.3, -0.25) is 0 Å². The van der Waals surface area contributed by atoms with E-state index in [0.717, 1.165) is 0 Å². The number of urea groups is 2. The van der Waals surface area contributed by atoms with Gasteiger partial charge in [0.25, 0.3) is 0 Å². The van der Waals surface area contributed by atoms with Gasteiger partial charge in [-0.2, -0.15) is 0 Å². The second-order valence-corrected chi connectivity index (χ2v) is 9.30. The Morgan fingerprint density at radius 2 is 1.71 bits per heavy atom. The summed E-state index contributed by atoms with van der Waals surface area (Å²) in [4.78, 5) is 38.6. The van der Waals surface area contributed by atoms with Gasteiger partial charge in [0.2, 0.25) is 0 Å². The highest BCUT2D eigenvalue weighted by Gasteiger charge is 2.21. The molecule has 0 saturated carbocycles. The van der Waals surface area contributed by atoms with E-state index in [2.05, 4.69) is 21.3 Å². The van der Waals surface area contributed by atoms with Gasteiger partial charge in [0, 0.05) is 38.5 Å². The predicted octanol–water partition coefficient (Wildman–Crippen LogP) is 3.55. The number of hydrogen-bond donors (Lipinski definition) is 4. The Morgan fingerprint density at radius 1 is 1.03 bits per heavy atom. The average molecular weight is 480 g/mol. The molecule has 192 valence electrons. The number of nitrogens with zero attached hydrogens (tertiary/aromatic N) is 1. The van der Waals surface area contributed by atoms with Crippen molar-refractivity contribution in [1.82, 2.24) is 20.9 Å². The number of para-hydroxylation sites is 1. The molecule has 1 aromatic rings. The lowest BCUT2D eigenvalue weighted by atomic mass is 10.2. The highest BCUT2D eigenvalue weighted by molar-refractivity contribution is 5.89. The number of ether oxygens (including phenoxy) is 2. The van der Waals surface area contributed by atoms with Crippen LogP contribution in [0, 0.1) is 0 Å². The lowest BCUT2D eigenvalue weighted by molar-refractivity contribution is 0.0526. The number of carbonyl (C=O) groups excluding carboxylic acids is 3. The van der Waals surface area contributed by atoms with Gasteiger partial charge in [-0.25, -0.2) is 14.4 Å². The van der Waals surface area contributed by atoms with E-state index < -0.39 is 17.7 Å². The smallest absolute Gasteiger partial charge is 0.407 e. The normalized spacial score (nSPS) is 12.0. The molecule has 0 aliphatic rings. The Hall–Kier alpha value is -3.01. The molecule has 1 atom stereocenters. The van der Waals surface area contributed by atoms with E-state index >= 15 is 0 Å². The molecule has 0 saturated heterocycles. The highest BCUT2D eigenvalue weighted by Crippen LogP contribution is 2.07. The number of anilines is 1. The van der Waals surface area contributed by atoms with Crippen LogP contribution in [0.25, 0.3) is 0 Å². The number of unbranched alkanes of at least 4 members (excludes halogenated alkanes) is 1. The third-order valence-corrected chi connectivity index (χ3v) is 4.40. The van der Waals surface area contributed by atoms with Crippen LogP contribution in [0.5, 0.6) is 0 Å². The van der Waals surface area contributed by atoms with Crippen LogP contribution < -0.4 is 21.3 Å². The van der Waals surface area contributed by atoms with E-state index in [1.807, 2.05) is 52.8 Å². The first kappa shape index (κ1) is 29.0. The van der Waals surface area contributed by atoms with Crippen molar-refractivity contribution in [3.05, 3.63) is 30.3 Å². The molecule has 0 aliphatic carbocycles. The molecule has 4 N–H and O–H groups in total. The van der Waals surface area contributed by atoms with Crippen molar-refractivity contribution in [2.75, 3.05) is 38.7 Å². The minimum absolute atomic E-state index is 0.0287. The quantitative estimate of drug-likeness (QED) is 0.342. The zero-order valence-corrected chi connectivity index (χ0v) is 21.3. The number of rotatable bonds is 12. The summed E-state index contributed by atoms with van der Waals surface area (Å²) >= 11 is 0. The van der Waals surface area contributed by atoms with E-state index in [4.69, 9.17) is 9.47 Å². The molecule has 0 aromatic heterocycles. The maximum absolute atomic E-state index is 12.8. The first-order valence-corrected chi connectivity index (χ1v) is 11.6. The summed E-state index contributed by atoms with van der Waals surface area (Å²) in [5.41, 5.74) is 0.120. The van der Waals surface area contributed by atoms with Gasteiger partial charge in [0.15, 0.2) is 0 Å². The number of benzene rings is 1. The van der Waals surface area contributed by atoms with Crippen LogP contribution in [0.3, 0.4) is 0 Å². The lowest BCUT2D eigenvalue weighted by Crippen LogP contribution is -2.52. The van der Waals surface area contributed by atoms with Gasteiger partial charge in [-0.1, -0.05) is 18.2 Å². The van der Waals surface area contributed by atoms with Gasteiger partial charge in [-0.15, -0.1) is 0 Å². The molecule has 0 aliphatic heterocycles. The van der Waals surface area contributed by atoms with Gasteiger partial charge in [-0.05, 0) is 59.6 Å². The van der Waals surface area contributed by atoms with E-state index in [1.165, 1.54) is 0 Å². The van der Waals surface area contributed by atoms with Crippen LogP contribution in [-0.2, 0) is 9.47 Å². The molecule has 0 unspecified atom stereocenters. The van der Waals surface area contributed by atoms with Crippen LogP contribution in [0.15, 0.2) is 30.3 Å². The number of carbonyl (C=O) groups is 3. The molecule has 34 heavy (non-hydrogen) atoms. The fourth-order valence-electron chi connectivity index (χ4n) is 3.03. The predicted molar refractivity (Wildman–Crippen MR) is 133 cm³/mol. The third-order valence-electron chi connectivity index (χ3n) is 4.40. The van der Waals surface area contributed by atoms with Gasteiger partial charge < -0.3 is 35.6 Å². The molecule has 0 bridgehead atoms. The second-order valence-electron chi connectivity index (χ2n) is 9.30. The minimum atomic E-state index is -0.550. The van der Waals surface area contributed by atoms with E-state index in [1.54, 1.807) is 24.1 Å². The fourth-order valence-corrected chi connectivity index (χ4v) is 3.03. The summed E-state index contributed by atoms with van der Waals surface area (Å²) in [6.45, 7) is 10.6. The number of nitrogens with one attached hydrogen (secondary N) is 4. The van der Waals surface area contributed by atoms with E-state index in [0.29, 0.717) is 31.6 Å². The first-order valence-electron chi connectivity index (χ1n) is 11.6. The standard InChI is InChI=1S/C24H41N5O5/c1-18(2)26-22(31)29(15-11-10-14-25-23(32)34-24(3,4)5)16-20(17-33-6)28-21(30)27-19-12-8-7-9-13-19/h7-9,12-13,18,20H,10-11,14-17H2,1-6H3,(H,25,32)(H,26,31)(H2,27,28,30)/t20-/m1/s1. The summed E-state index contributed by atoms with van der Waals surface area (Å²) in [6, 6.07) is 8.07. The second kappa shape index (κ2) is 15.0. The summed E-state index contributed by atoms with van der Waals surface area (Å²) in [6.07, 6.45) is 0.870. The lowest BCUT2D eigenvalue weighted by Gasteiger charge is -2.29. The van der Waals surface area contributed by atoms with Crippen LogP contribution in [0.4, 0.5) is 20.1 Å². The van der Waals surface area contributed by atoms with Gasteiger partial charge in [0.05, 0.1) is 12.6 Å². The average Bonchev–Trinajstić information content (AvgIpc) is 2.71. The maximum Gasteiger partial charge on any atom is 0.407 e. The van der Waals surface area contributed by atoms with Crippen LogP contribution in [-0.4, -0.2) is 74.1 Å². The Labute approximate surface area is 203 Å². The van der Waals surface area contributed by atoms with Crippen molar-refractivity contribution in [2.45, 2.75) is 65.1 Å². The maximum atomic E-state index is 12.8. The van der Waals surface area contributed by atoms with Crippen molar-refractivity contribution in [1.29, 1.82) is 0 Å². The van der Waals surface area contributed by atoms with Crippen LogP contribution in [0.2, 0.25) is 0 Å². The fraction of sp³-hybridized carbons (Fsp3) is 0.625. The number of alkyl carbamates (subject to hydrolysis) is 1. The van der Waals surface area contributed by atoms with Gasteiger partial charge in [0.1, 0.15) is 5.60 Å². The number of amides is 5. The molecule has 0 heterocycles. The summed E-state index contributed by atoms with van der Waals surface area (Å²) in [7, 11) is 1.55. The van der Waals surface area contributed by atoms with Crippen molar-refractivity contribution in [2.24, 2.45) is 0 Å².